The van der Waals surface area contributed by atoms with Gasteiger partial charge in [0, 0.05) is 5.69 Å². The summed E-state index contributed by atoms with van der Waals surface area (Å²) in [5.74, 6) is -0.897. The highest BCUT2D eigenvalue weighted by atomic mass is 16.3. The number of imide groups is 1. The van der Waals surface area contributed by atoms with Gasteiger partial charge >= 0.3 is 0 Å². The number of fused-ring (bicyclic) bond motifs is 1. The Kier molecular flexibility index (Phi) is 4.26. The molecule has 0 saturated heterocycles. The standard InChI is InChI=1S/C18H19N3O4/c1-10-16(12(3)22)11(2)21(19-10)9-13(23)8-20-17(24)14-6-4-5-7-15(14)18(20)25/h4-7,13,23H,8-9H2,1-3H3. The van der Waals surface area contributed by atoms with E-state index in [9.17, 15) is 19.5 Å². The number of aliphatic hydroxyl groups is 1. The molecular weight excluding hydrogens is 322 g/mol. The Bertz CT molecular complexity index is 849. The fourth-order valence-electron chi connectivity index (χ4n) is 3.26. The van der Waals surface area contributed by atoms with Crippen LogP contribution in [0.3, 0.4) is 0 Å². The van der Waals surface area contributed by atoms with E-state index in [1.54, 1.807) is 38.1 Å². The van der Waals surface area contributed by atoms with Crippen LogP contribution in [0.25, 0.3) is 0 Å². The van der Waals surface area contributed by atoms with E-state index < -0.39 is 17.9 Å². The quantitative estimate of drug-likeness (QED) is 0.655. The van der Waals surface area contributed by atoms with Crippen LogP contribution in [0.1, 0.15) is 49.4 Å². The topological polar surface area (TPSA) is 92.5 Å². The molecule has 2 heterocycles. The molecule has 3 rings (SSSR count). The maximum atomic E-state index is 12.3. The molecule has 1 aromatic carbocycles. The monoisotopic (exact) mass is 341 g/mol. The Morgan fingerprint density at radius 1 is 1.12 bits per heavy atom. The summed E-state index contributed by atoms with van der Waals surface area (Å²) >= 11 is 0. The predicted molar refractivity (Wildman–Crippen MR) is 89.5 cm³/mol. The molecule has 7 nitrogen and oxygen atoms in total. The predicted octanol–water partition coefficient (Wildman–Crippen LogP) is 1.36. The van der Waals surface area contributed by atoms with Gasteiger partial charge in [-0.2, -0.15) is 5.10 Å². The van der Waals surface area contributed by atoms with Crippen molar-refractivity contribution in [3.8, 4) is 0 Å². The number of aryl methyl sites for hydroxylation is 1. The van der Waals surface area contributed by atoms with Crippen LogP contribution in [0.15, 0.2) is 24.3 Å². The number of nitrogens with zero attached hydrogens (tertiary/aromatic N) is 3. The summed E-state index contributed by atoms with van der Waals surface area (Å²) in [4.78, 5) is 37.4. The van der Waals surface area contributed by atoms with Crippen LogP contribution in [0.2, 0.25) is 0 Å². The van der Waals surface area contributed by atoms with Gasteiger partial charge in [-0.3, -0.25) is 24.0 Å². The first-order valence-electron chi connectivity index (χ1n) is 7.99. The fourth-order valence-corrected chi connectivity index (χ4v) is 3.26. The van der Waals surface area contributed by atoms with E-state index in [1.165, 1.54) is 11.6 Å². The van der Waals surface area contributed by atoms with Crippen LogP contribution in [0.5, 0.6) is 0 Å². The van der Waals surface area contributed by atoms with E-state index in [4.69, 9.17) is 0 Å². The number of β-amino-alcohol motifs (C(OH)–C–C–N with tert-alkyl or cyclic N) is 1. The molecule has 25 heavy (non-hydrogen) atoms. The minimum atomic E-state index is -0.986. The minimum absolute atomic E-state index is 0.0870. The van der Waals surface area contributed by atoms with Crippen LogP contribution >= 0.6 is 0 Å². The lowest BCUT2D eigenvalue weighted by atomic mass is 10.1. The molecule has 2 aromatic rings. The van der Waals surface area contributed by atoms with Crippen molar-refractivity contribution < 1.29 is 19.5 Å². The Labute approximate surface area is 144 Å². The number of carbonyl (C=O) groups is 3. The smallest absolute Gasteiger partial charge is 0.261 e. The third-order valence-corrected chi connectivity index (χ3v) is 4.39. The van der Waals surface area contributed by atoms with Crippen molar-refractivity contribution in [3.05, 3.63) is 52.3 Å². The van der Waals surface area contributed by atoms with E-state index in [1.807, 2.05) is 0 Å². The number of amides is 2. The lowest BCUT2D eigenvalue weighted by molar-refractivity contribution is 0.0514. The molecule has 2 amide bonds. The second kappa shape index (κ2) is 6.25. The lowest BCUT2D eigenvalue weighted by Gasteiger charge is -2.19. The molecule has 130 valence electrons. The first-order valence-corrected chi connectivity index (χ1v) is 7.99. The zero-order chi connectivity index (χ0) is 18.3. The lowest BCUT2D eigenvalue weighted by Crippen LogP contribution is -2.38. The van der Waals surface area contributed by atoms with Crippen LogP contribution < -0.4 is 0 Å². The second-order valence-corrected chi connectivity index (χ2v) is 6.20. The van der Waals surface area contributed by atoms with Gasteiger partial charge < -0.3 is 5.11 Å². The number of benzene rings is 1. The molecule has 0 saturated carbocycles. The number of aliphatic hydroxyl groups excluding tert-OH is 1. The molecular formula is C18H19N3O4. The molecule has 0 fully saturated rings. The highest BCUT2D eigenvalue weighted by Gasteiger charge is 2.36. The van der Waals surface area contributed by atoms with Crippen LogP contribution in [0.4, 0.5) is 0 Å². The molecule has 1 aromatic heterocycles. The summed E-state index contributed by atoms with van der Waals surface area (Å²) in [5.41, 5.74) is 2.49. The van der Waals surface area contributed by atoms with E-state index in [0.717, 1.165) is 4.90 Å². The van der Waals surface area contributed by atoms with Crippen LogP contribution in [0, 0.1) is 13.8 Å². The zero-order valence-electron chi connectivity index (χ0n) is 14.3. The normalized spacial score (nSPS) is 14.8. The van der Waals surface area contributed by atoms with Crippen molar-refractivity contribution in [1.29, 1.82) is 0 Å². The van der Waals surface area contributed by atoms with Gasteiger partial charge in [0.25, 0.3) is 11.8 Å². The second-order valence-electron chi connectivity index (χ2n) is 6.20. The summed E-state index contributed by atoms with van der Waals surface area (Å²) in [6.45, 7) is 4.92. The zero-order valence-corrected chi connectivity index (χ0v) is 14.3. The molecule has 0 spiro atoms. The van der Waals surface area contributed by atoms with E-state index in [0.29, 0.717) is 28.1 Å². The first-order chi connectivity index (χ1) is 11.8. The molecule has 0 bridgehead atoms. The average Bonchev–Trinajstić information content (AvgIpc) is 2.96. The van der Waals surface area contributed by atoms with Crippen molar-refractivity contribution >= 4 is 17.6 Å². The third kappa shape index (κ3) is 2.87. The molecule has 1 atom stereocenters. The Hall–Kier alpha value is -2.80. The van der Waals surface area contributed by atoms with Crippen LogP contribution in [-0.4, -0.2) is 50.0 Å². The number of aromatic nitrogens is 2. The van der Waals surface area contributed by atoms with Gasteiger partial charge in [-0.25, -0.2) is 0 Å². The van der Waals surface area contributed by atoms with Gasteiger partial charge in [0.1, 0.15) is 0 Å². The Morgan fingerprint density at radius 2 is 1.68 bits per heavy atom. The molecule has 1 unspecified atom stereocenters. The van der Waals surface area contributed by atoms with E-state index >= 15 is 0 Å². The van der Waals surface area contributed by atoms with Crippen LogP contribution in [-0.2, 0) is 6.54 Å². The summed E-state index contributed by atoms with van der Waals surface area (Å²) in [6.07, 6.45) is -0.986. The van der Waals surface area contributed by atoms with Crippen molar-refractivity contribution in [2.75, 3.05) is 6.54 Å². The van der Waals surface area contributed by atoms with Gasteiger partial charge in [0.05, 0.1) is 41.6 Å². The molecule has 1 aliphatic heterocycles. The number of carbonyl (C=O) groups excluding carboxylic acids is 3. The van der Waals surface area contributed by atoms with Gasteiger partial charge in [0.15, 0.2) is 5.78 Å². The van der Waals surface area contributed by atoms with Gasteiger partial charge in [-0.1, -0.05) is 12.1 Å². The van der Waals surface area contributed by atoms with E-state index in [2.05, 4.69) is 5.10 Å². The maximum absolute atomic E-state index is 12.3. The molecule has 1 aliphatic rings. The molecule has 0 aliphatic carbocycles. The molecule has 0 radical (unpaired) electrons. The van der Waals surface area contributed by atoms with Crippen molar-refractivity contribution in [2.45, 2.75) is 33.4 Å². The summed E-state index contributed by atoms with van der Waals surface area (Å²) in [7, 11) is 0. The highest BCUT2D eigenvalue weighted by Crippen LogP contribution is 2.23. The van der Waals surface area contributed by atoms with Crippen molar-refractivity contribution in [3.63, 3.8) is 0 Å². The largest absolute Gasteiger partial charge is 0.389 e. The van der Waals surface area contributed by atoms with Gasteiger partial charge in [-0.15, -0.1) is 0 Å². The Morgan fingerprint density at radius 3 is 2.16 bits per heavy atom. The SMILES string of the molecule is CC(=O)c1c(C)nn(CC(O)CN2C(=O)c3ccccc3C2=O)c1C. The van der Waals surface area contributed by atoms with Gasteiger partial charge in [0.2, 0.25) is 0 Å². The van der Waals surface area contributed by atoms with Crippen molar-refractivity contribution in [1.82, 2.24) is 14.7 Å². The first kappa shape index (κ1) is 17.0. The molecule has 1 N–H and O–H groups in total. The number of hydrogen-bond acceptors (Lipinski definition) is 5. The number of ketones is 1. The Balaban J connectivity index is 1.75. The summed E-state index contributed by atoms with van der Waals surface area (Å²) in [5, 5.41) is 14.6. The number of Topliss-reactive ketones (excluding diaryl/α,β-unsaturated/α-hetero) is 1. The fraction of sp³-hybridized carbons (Fsp3) is 0.333. The molecule has 7 heteroatoms. The number of hydrogen-bond donors (Lipinski definition) is 1. The number of rotatable bonds is 5. The maximum Gasteiger partial charge on any atom is 0.261 e. The van der Waals surface area contributed by atoms with Crippen molar-refractivity contribution in [2.24, 2.45) is 0 Å². The average molecular weight is 341 g/mol. The van der Waals surface area contributed by atoms with Gasteiger partial charge in [-0.05, 0) is 32.9 Å². The van der Waals surface area contributed by atoms with E-state index in [-0.39, 0.29) is 18.9 Å². The minimum Gasteiger partial charge on any atom is -0.389 e. The highest BCUT2D eigenvalue weighted by molar-refractivity contribution is 6.21. The summed E-state index contributed by atoms with van der Waals surface area (Å²) < 4.78 is 1.54. The third-order valence-electron chi connectivity index (χ3n) is 4.39. The summed E-state index contributed by atoms with van der Waals surface area (Å²) in [6, 6.07) is 6.59.